The fourth-order valence-electron chi connectivity index (χ4n) is 3.32. The molecule has 2 nitrogen and oxygen atoms in total. The van der Waals surface area contributed by atoms with E-state index in [-0.39, 0.29) is 0 Å². The molecule has 3 unspecified atom stereocenters. The van der Waals surface area contributed by atoms with E-state index in [4.69, 9.17) is 4.74 Å². The van der Waals surface area contributed by atoms with E-state index in [1.807, 2.05) is 0 Å². The van der Waals surface area contributed by atoms with E-state index in [0.717, 1.165) is 18.9 Å². The third kappa shape index (κ3) is 2.85. The Kier molecular flexibility index (Phi) is 3.64. The molecule has 1 aliphatic heterocycles. The summed E-state index contributed by atoms with van der Waals surface area (Å²) in [5, 5.41) is 3.81. The van der Waals surface area contributed by atoms with Crippen molar-refractivity contribution in [3.8, 4) is 0 Å². The van der Waals surface area contributed by atoms with Crippen LogP contribution >= 0.6 is 0 Å². The maximum Gasteiger partial charge on any atom is 0.0757 e. The maximum absolute atomic E-state index is 5.92. The van der Waals surface area contributed by atoms with E-state index in [0.29, 0.717) is 18.2 Å². The van der Waals surface area contributed by atoms with Crippen molar-refractivity contribution in [2.45, 2.75) is 58.2 Å². The van der Waals surface area contributed by atoms with Crippen LogP contribution in [0.4, 0.5) is 0 Å². The smallest absolute Gasteiger partial charge is 0.0757 e. The summed E-state index contributed by atoms with van der Waals surface area (Å²) < 4.78 is 5.92. The number of hydrogen-bond acceptors (Lipinski definition) is 2. The molecule has 104 valence electrons. The highest BCUT2D eigenvalue weighted by Crippen LogP contribution is 2.39. The minimum absolute atomic E-state index is 0.410. The fourth-order valence-corrected chi connectivity index (χ4v) is 3.32. The summed E-state index contributed by atoms with van der Waals surface area (Å²) in [5.41, 5.74) is 4.16. The van der Waals surface area contributed by atoms with Crippen molar-refractivity contribution in [1.82, 2.24) is 5.32 Å². The number of aryl methyl sites for hydroxylation is 2. The summed E-state index contributed by atoms with van der Waals surface area (Å²) in [4.78, 5) is 0. The first-order valence-electron chi connectivity index (χ1n) is 7.60. The molecule has 2 fully saturated rings. The molecule has 0 amide bonds. The lowest BCUT2D eigenvalue weighted by Gasteiger charge is -2.25. The highest BCUT2D eigenvalue weighted by Gasteiger charge is 2.40. The van der Waals surface area contributed by atoms with Crippen LogP contribution < -0.4 is 5.32 Å². The van der Waals surface area contributed by atoms with Gasteiger partial charge in [-0.05, 0) is 57.1 Å². The lowest BCUT2D eigenvalue weighted by Crippen LogP contribution is -2.39. The van der Waals surface area contributed by atoms with Crippen LogP contribution in [0.25, 0.3) is 0 Å². The number of benzene rings is 1. The van der Waals surface area contributed by atoms with Crippen molar-refractivity contribution in [2.24, 2.45) is 5.92 Å². The molecule has 0 radical (unpaired) electrons. The van der Waals surface area contributed by atoms with Crippen molar-refractivity contribution < 1.29 is 4.74 Å². The van der Waals surface area contributed by atoms with E-state index in [1.54, 1.807) is 0 Å². The van der Waals surface area contributed by atoms with Gasteiger partial charge in [-0.2, -0.15) is 0 Å². The van der Waals surface area contributed by atoms with Crippen molar-refractivity contribution in [2.75, 3.05) is 6.61 Å². The van der Waals surface area contributed by atoms with E-state index in [1.165, 1.54) is 29.5 Å². The molecule has 1 aliphatic carbocycles. The molecule has 3 rings (SSSR count). The Hall–Kier alpha value is -0.860. The minimum atomic E-state index is 0.410. The van der Waals surface area contributed by atoms with Gasteiger partial charge in [-0.15, -0.1) is 0 Å². The first-order chi connectivity index (χ1) is 9.15. The summed E-state index contributed by atoms with van der Waals surface area (Å²) in [6.45, 7) is 7.58. The van der Waals surface area contributed by atoms with Crippen molar-refractivity contribution in [1.29, 1.82) is 0 Å². The normalized spacial score (nSPS) is 28.6. The third-order valence-electron chi connectivity index (χ3n) is 4.59. The lowest BCUT2D eigenvalue weighted by molar-refractivity contribution is 0.0792. The van der Waals surface area contributed by atoms with Gasteiger partial charge in [-0.1, -0.05) is 23.8 Å². The predicted octanol–water partition coefficient (Wildman–Crippen LogP) is 3.52. The molecular formula is C17H25NO. The second kappa shape index (κ2) is 5.26. The average molecular weight is 259 g/mol. The maximum atomic E-state index is 5.92. The molecule has 1 saturated carbocycles. The molecule has 1 saturated heterocycles. The summed E-state index contributed by atoms with van der Waals surface area (Å²) in [7, 11) is 0. The van der Waals surface area contributed by atoms with E-state index in [2.05, 4.69) is 44.3 Å². The SMILES string of the molecule is Cc1ccc(C)c(C(C)NC2CCOC2C2CC2)c1. The number of rotatable bonds is 4. The quantitative estimate of drug-likeness (QED) is 0.893. The number of ether oxygens (including phenoxy) is 1. The highest BCUT2D eigenvalue weighted by atomic mass is 16.5. The van der Waals surface area contributed by atoms with Gasteiger partial charge >= 0.3 is 0 Å². The van der Waals surface area contributed by atoms with E-state index < -0.39 is 0 Å². The van der Waals surface area contributed by atoms with Gasteiger partial charge in [0.05, 0.1) is 6.10 Å². The minimum Gasteiger partial charge on any atom is -0.376 e. The topological polar surface area (TPSA) is 21.3 Å². The molecule has 0 aromatic heterocycles. The summed E-state index contributed by atoms with van der Waals surface area (Å²) in [6, 6.07) is 7.69. The van der Waals surface area contributed by atoms with Gasteiger partial charge in [0.2, 0.25) is 0 Å². The molecule has 2 heteroatoms. The van der Waals surface area contributed by atoms with Crippen molar-refractivity contribution in [3.63, 3.8) is 0 Å². The zero-order chi connectivity index (χ0) is 13.4. The van der Waals surface area contributed by atoms with Crippen LogP contribution in [0, 0.1) is 19.8 Å². The summed E-state index contributed by atoms with van der Waals surface area (Å²) >= 11 is 0. The highest BCUT2D eigenvalue weighted by molar-refractivity contribution is 5.32. The van der Waals surface area contributed by atoms with Gasteiger partial charge in [0.15, 0.2) is 0 Å². The molecule has 0 bridgehead atoms. The Morgan fingerprint density at radius 2 is 2.00 bits per heavy atom. The zero-order valence-electron chi connectivity index (χ0n) is 12.3. The summed E-state index contributed by atoms with van der Waals surface area (Å²) in [5.74, 6) is 0.825. The fraction of sp³-hybridized carbons (Fsp3) is 0.647. The van der Waals surface area contributed by atoms with Crippen LogP contribution in [0.2, 0.25) is 0 Å². The average Bonchev–Trinajstić information content (AvgIpc) is 3.13. The molecule has 1 heterocycles. The zero-order valence-corrected chi connectivity index (χ0v) is 12.3. The standard InChI is InChI=1S/C17H25NO/c1-11-4-5-12(2)15(10-11)13(3)18-16-8-9-19-17(16)14-6-7-14/h4-5,10,13-14,16-18H,6-9H2,1-3H3. The predicted molar refractivity (Wildman–Crippen MR) is 78.3 cm³/mol. The van der Waals surface area contributed by atoms with Gasteiger partial charge in [0.25, 0.3) is 0 Å². The Morgan fingerprint density at radius 1 is 1.21 bits per heavy atom. The molecule has 1 aromatic carbocycles. The second-order valence-electron chi connectivity index (χ2n) is 6.32. The Labute approximate surface area is 116 Å². The molecule has 1 aromatic rings. The van der Waals surface area contributed by atoms with Crippen LogP contribution in [0.1, 0.15) is 48.9 Å². The Balaban J connectivity index is 1.70. The molecular weight excluding hydrogens is 234 g/mol. The van der Waals surface area contributed by atoms with Crippen molar-refractivity contribution >= 4 is 0 Å². The van der Waals surface area contributed by atoms with E-state index in [9.17, 15) is 0 Å². The molecule has 0 spiro atoms. The van der Waals surface area contributed by atoms with Gasteiger partial charge in [-0.3, -0.25) is 0 Å². The first kappa shape index (κ1) is 13.1. The van der Waals surface area contributed by atoms with Gasteiger partial charge in [0.1, 0.15) is 0 Å². The largest absolute Gasteiger partial charge is 0.376 e. The molecule has 1 N–H and O–H groups in total. The number of hydrogen-bond donors (Lipinski definition) is 1. The van der Waals surface area contributed by atoms with Crippen LogP contribution in [0.15, 0.2) is 18.2 Å². The van der Waals surface area contributed by atoms with E-state index >= 15 is 0 Å². The first-order valence-corrected chi connectivity index (χ1v) is 7.60. The second-order valence-corrected chi connectivity index (χ2v) is 6.32. The third-order valence-corrected chi connectivity index (χ3v) is 4.59. The molecule has 19 heavy (non-hydrogen) atoms. The number of nitrogens with one attached hydrogen (secondary N) is 1. The van der Waals surface area contributed by atoms with Gasteiger partial charge in [-0.25, -0.2) is 0 Å². The van der Waals surface area contributed by atoms with Crippen LogP contribution in [0.3, 0.4) is 0 Å². The van der Waals surface area contributed by atoms with Crippen LogP contribution in [0.5, 0.6) is 0 Å². The monoisotopic (exact) mass is 259 g/mol. The van der Waals surface area contributed by atoms with Crippen LogP contribution in [-0.2, 0) is 4.74 Å². The Bertz CT molecular complexity index is 453. The Morgan fingerprint density at radius 3 is 2.74 bits per heavy atom. The molecule has 2 aliphatic rings. The summed E-state index contributed by atoms with van der Waals surface area (Å²) in [6.07, 6.45) is 4.35. The van der Waals surface area contributed by atoms with Gasteiger partial charge in [0, 0.05) is 18.7 Å². The molecule has 3 atom stereocenters. The lowest BCUT2D eigenvalue weighted by atomic mass is 9.98. The van der Waals surface area contributed by atoms with Crippen molar-refractivity contribution in [3.05, 3.63) is 34.9 Å². The van der Waals surface area contributed by atoms with Gasteiger partial charge < -0.3 is 10.1 Å². The van der Waals surface area contributed by atoms with Crippen LogP contribution in [-0.4, -0.2) is 18.8 Å².